The lowest BCUT2D eigenvalue weighted by Gasteiger charge is -2.37. The maximum Gasteiger partial charge on any atom is 0.227 e. The summed E-state index contributed by atoms with van der Waals surface area (Å²) >= 11 is 0. The summed E-state index contributed by atoms with van der Waals surface area (Å²) < 4.78 is 0. The Morgan fingerprint density at radius 2 is 1.45 bits per heavy atom. The summed E-state index contributed by atoms with van der Waals surface area (Å²) in [5, 5.41) is 2.75. The standard InChI is InChI=1S/C14H21N3O3/c18-12-4-3-11(9-15-12)14(20)17-7-5-16(6-8-17)13(19)10-1-2-10/h10-11H,1-9H2,(H,15,18). The second kappa shape index (κ2) is 5.42. The van der Waals surface area contributed by atoms with Gasteiger partial charge in [-0.25, -0.2) is 0 Å². The number of piperazine rings is 1. The van der Waals surface area contributed by atoms with Crippen LogP contribution in [0.2, 0.25) is 0 Å². The normalized spacial score (nSPS) is 27.2. The van der Waals surface area contributed by atoms with E-state index in [1.807, 2.05) is 9.80 Å². The average Bonchev–Trinajstić information content (AvgIpc) is 3.31. The van der Waals surface area contributed by atoms with Crippen molar-refractivity contribution in [2.75, 3.05) is 32.7 Å². The molecule has 2 heterocycles. The van der Waals surface area contributed by atoms with Gasteiger partial charge >= 0.3 is 0 Å². The van der Waals surface area contributed by atoms with E-state index >= 15 is 0 Å². The van der Waals surface area contributed by atoms with E-state index < -0.39 is 0 Å². The number of amides is 3. The third-order valence-corrected chi connectivity index (χ3v) is 4.44. The van der Waals surface area contributed by atoms with Crippen molar-refractivity contribution in [3.8, 4) is 0 Å². The van der Waals surface area contributed by atoms with E-state index in [0.29, 0.717) is 45.6 Å². The van der Waals surface area contributed by atoms with Crippen molar-refractivity contribution in [3.63, 3.8) is 0 Å². The Balaban J connectivity index is 1.48. The molecule has 2 aliphatic heterocycles. The molecule has 1 atom stereocenters. The van der Waals surface area contributed by atoms with Crippen molar-refractivity contribution in [3.05, 3.63) is 0 Å². The summed E-state index contributed by atoms with van der Waals surface area (Å²) in [6.07, 6.45) is 3.14. The summed E-state index contributed by atoms with van der Waals surface area (Å²) in [5.74, 6) is 0.601. The maximum absolute atomic E-state index is 12.4. The van der Waals surface area contributed by atoms with Crippen LogP contribution >= 0.6 is 0 Å². The summed E-state index contributed by atoms with van der Waals surface area (Å²) in [4.78, 5) is 39.2. The van der Waals surface area contributed by atoms with Gasteiger partial charge in [-0.15, -0.1) is 0 Å². The Kier molecular flexibility index (Phi) is 3.63. The van der Waals surface area contributed by atoms with Crippen LogP contribution in [0, 0.1) is 11.8 Å². The molecule has 3 fully saturated rings. The SMILES string of the molecule is O=C1CCC(C(=O)N2CCN(C(=O)C3CC3)CC2)CN1. The molecule has 2 saturated heterocycles. The van der Waals surface area contributed by atoms with Crippen molar-refractivity contribution in [1.82, 2.24) is 15.1 Å². The lowest BCUT2D eigenvalue weighted by molar-refractivity contribution is -0.143. The van der Waals surface area contributed by atoms with Gasteiger partial charge in [0.1, 0.15) is 0 Å². The summed E-state index contributed by atoms with van der Waals surface area (Å²) in [5.41, 5.74) is 0. The molecule has 0 spiro atoms. The van der Waals surface area contributed by atoms with Crippen molar-refractivity contribution in [2.24, 2.45) is 11.8 Å². The van der Waals surface area contributed by atoms with E-state index in [4.69, 9.17) is 0 Å². The molecule has 6 nitrogen and oxygen atoms in total. The molecule has 0 aromatic carbocycles. The molecule has 20 heavy (non-hydrogen) atoms. The number of nitrogens with zero attached hydrogens (tertiary/aromatic N) is 2. The smallest absolute Gasteiger partial charge is 0.227 e. The topological polar surface area (TPSA) is 69.7 Å². The van der Waals surface area contributed by atoms with Crippen LogP contribution in [-0.4, -0.2) is 60.2 Å². The molecule has 1 saturated carbocycles. The number of hydrogen-bond acceptors (Lipinski definition) is 3. The second-order valence-corrected chi connectivity index (χ2v) is 5.96. The van der Waals surface area contributed by atoms with Gasteiger partial charge in [0.15, 0.2) is 0 Å². The molecule has 0 radical (unpaired) electrons. The number of hydrogen-bond donors (Lipinski definition) is 1. The van der Waals surface area contributed by atoms with Crippen molar-refractivity contribution in [1.29, 1.82) is 0 Å². The fourth-order valence-corrected chi connectivity index (χ4v) is 2.94. The van der Waals surface area contributed by atoms with Gasteiger partial charge in [-0.2, -0.15) is 0 Å². The third-order valence-electron chi connectivity index (χ3n) is 4.44. The highest BCUT2D eigenvalue weighted by molar-refractivity contribution is 5.84. The molecule has 1 unspecified atom stereocenters. The van der Waals surface area contributed by atoms with E-state index in [1.165, 1.54) is 0 Å². The highest BCUT2D eigenvalue weighted by atomic mass is 16.2. The van der Waals surface area contributed by atoms with Crippen LogP contribution in [-0.2, 0) is 14.4 Å². The Hall–Kier alpha value is -1.59. The molecule has 0 bridgehead atoms. The molecule has 0 aromatic heterocycles. The first kappa shape index (κ1) is 13.4. The van der Waals surface area contributed by atoms with Crippen molar-refractivity contribution in [2.45, 2.75) is 25.7 Å². The Bertz CT molecular complexity index is 415. The predicted molar refractivity (Wildman–Crippen MR) is 71.6 cm³/mol. The Labute approximate surface area is 118 Å². The van der Waals surface area contributed by atoms with Crippen LogP contribution in [0.4, 0.5) is 0 Å². The lowest BCUT2D eigenvalue weighted by Crippen LogP contribution is -2.54. The monoisotopic (exact) mass is 279 g/mol. The third kappa shape index (κ3) is 2.78. The van der Waals surface area contributed by atoms with Crippen molar-refractivity contribution >= 4 is 17.7 Å². The van der Waals surface area contributed by atoms with Crippen LogP contribution < -0.4 is 5.32 Å². The van der Waals surface area contributed by atoms with Gasteiger partial charge < -0.3 is 15.1 Å². The molecular formula is C14H21N3O3. The summed E-state index contributed by atoms with van der Waals surface area (Å²) in [7, 11) is 0. The molecular weight excluding hydrogens is 258 g/mol. The number of piperidine rings is 1. The van der Waals surface area contributed by atoms with E-state index in [-0.39, 0.29) is 29.6 Å². The average molecular weight is 279 g/mol. The molecule has 110 valence electrons. The Morgan fingerprint density at radius 1 is 0.900 bits per heavy atom. The summed E-state index contributed by atoms with van der Waals surface area (Å²) in [6.45, 7) is 3.02. The number of nitrogens with one attached hydrogen (secondary N) is 1. The molecule has 0 aromatic rings. The predicted octanol–water partition coefficient (Wildman–Crippen LogP) is -0.407. The van der Waals surface area contributed by atoms with Gasteiger partial charge in [-0.3, -0.25) is 14.4 Å². The van der Waals surface area contributed by atoms with Crippen LogP contribution in [0.3, 0.4) is 0 Å². The molecule has 1 aliphatic carbocycles. The zero-order valence-corrected chi connectivity index (χ0v) is 11.6. The fourth-order valence-electron chi connectivity index (χ4n) is 2.94. The van der Waals surface area contributed by atoms with E-state index in [9.17, 15) is 14.4 Å². The Morgan fingerprint density at radius 3 is 1.90 bits per heavy atom. The molecule has 3 amide bonds. The minimum atomic E-state index is -0.0848. The van der Waals surface area contributed by atoms with E-state index in [1.54, 1.807) is 0 Å². The highest BCUT2D eigenvalue weighted by Gasteiger charge is 2.36. The van der Waals surface area contributed by atoms with Gasteiger partial charge in [0.05, 0.1) is 5.92 Å². The van der Waals surface area contributed by atoms with Crippen LogP contribution in [0.1, 0.15) is 25.7 Å². The fraction of sp³-hybridized carbons (Fsp3) is 0.786. The van der Waals surface area contributed by atoms with Gasteiger partial charge in [-0.1, -0.05) is 0 Å². The molecule has 3 aliphatic rings. The zero-order valence-electron chi connectivity index (χ0n) is 11.6. The minimum absolute atomic E-state index is 0.0360. The first-order valence-electron chi connectivity index (χ1n) is 7.49. The lowest BCUT2D eigenvalue weighted by atomic mass is 9.97. The van der Waals surface area contributed by atoms with Gasteiger partial charge in [-0.05, 0) is 19.3 Å². The largest absolute Gasteiger partial charge is 0.355 e. The molecule has 3 rings (SSSR count). The van der Waals surface area contributed by atoms with Gasteiger partial charge in [0, 0.05) is 45.1 Å². The summed E-state index contributed by atoms with van der Waals surface area (Å²) in [6, 6.07) is 0. The second-order valence-electron chi connectivity index (χ2n) is 5.96. The van der Waals surface area contributed by atoms with Crippen LogP contribution in [0.5, 0.6) is 0 Å². The number of carbonyl (C=O) groups excluding carboxylic acids is 3. The first-order chi connectivity index (χ1) is 9.65. The minimum Gasteiger partial charge on any atom is -0.355 e. The quantitative estimate of drug-likeness (QED) is 0.747. The first-order valence-corrected chi connectivity index (χ1v) is 7.49. The van der Waals surface area contributed by atoms with Crippen LogP contribution in [0.15, 0.2) is 0 Å². The van der Waals surface area contributed by atoms with E-state index in [0.717, 1.165) is 12.8 Å². The number of rotatable bonds is 2. The van der Waals surface area contributed by atoms with E-state index in [2.05, 4.69) is 5.32 Å². The maximum atomic E-state index is 12.4. The molecule has 6 heteroatoms. The highest BCUT2D eigenvalue weighted by Crippen LogP contribution is 2.31. The van der Waals surface area contributed by atoms with Gasteiger partial charge in [0.25, 0.3) is 0 Å². The zero-order chi connectivity index (χ0) is 14.1. The van der Waals surface area contributed by atoms with Gasteiger partial charge in [0.2, 0.25) is 17.7 Å². The number of carbonyl (C=O) groups is 3. The van der Waals surface area contributed by atoms with Crippen LogP contribution in [0.25, 0.3) is 0 Å². The van der Waals surface area contributed by atoms with Crippen molar-refractivity contribution < 1.29 is 14.4 Å². The molecule has 1 N–H and O–H groups in total.